The van der Waals surface area contributed by atoms with Crippen molar-refractivity contribution in [2.45, 2.75) is 57.2 Å². The van der Waals surface area contributed by atoms with Crippen LogP contribution in [0.25, 0.3) is 17.0 Å². The first-order valence-corrected chi connectivity index (χ1v) is 14.4. The predicted octanol–water partition coefficient (Wildman–Crippen LogP) is 3.63. The van der Waals surface area contributed by atoms with Gasteiger partial charge in [0.15, 0.2) is 5.82 Å². The Morgan fingerprint density at radius 1 is 1.07 bits per heavy atom. The number of halogens is 3. The van der Waals surface area contributed by atoms with Crippen LogP contribution < -0.4 is 5.32 Å². The Labute approximate surface area is 227 Å². The highest BCUT2D eigenvalue weighted by Crippen LogP contribution is 2.40. The van der Waals surface area contributed by atoms with E-state index in [0.717, 1.165) is 29.7 Å². The zero-order chi connectivity index (χ0) is 28.2. The van der Waals surface area contributed by atoms with Crippen molar-refractivity contribution in [3.63, 3.8) is 0 Å². The lowest BCUT2D eigenvalue weighted by molar-refractivity contribution is -0.0496. The summed E-state index contributed by atoms with van der Waals surface area (Å²) in [7, 11) is -5.44. The molecule has 10 nitrogen and oxygen atoms in total. The third kappa shape index (κ3) is 4.74. The molecule has 3 aromatic heterocycles. The Bertz CT molecular complexity index is 1710. The molecule has 0 saturated heterocycles. The van der Waals surface area contributed by atoms with Crippen molar-refractivity contribution in [2.75, 3.05) is 6.54 Å². The molecule has 1 N–H and O–H groups in total. The summed E-state index contributed by atoms with van der Waals surface area (Å²) in [6.07, 6.45) is 4.96. The lowest BCUT2D eigenvalue weighted by Gasteiger charge is -2.26. The number of rotatable bonds is 7. The topological polar surface area (TPSA) is 114 Å². The monoisotopic (exact) mass is 573 g/mol. The van der Waals surface area contributed by atoms with E-state index < -0.39 is 22.1 Å². The van der Waals surface area contributed by atoms with Gasteiger partial charge in [-0.15, -0.1) is 0 Å². The van der Waals surface area contributed by atoms with E-state index in [9.17, 15) is 26.4 Å². The van der Waals surface area contributed by atoms with Gasteiger partial charge in [0.25, 0.3) is 5.91 Å². The first-order chi connectivity index (χ1) is 19.0. The van der Waals surface area contributed by atoms with Crippen molar-refractivity contribution in [3.8, 4) is 11.4 Å². The summed E-state index contributed by atoms with van der Waals surface area (Å²) in [5.74, 6) is 0.744. The van der Waals surface area contributed by atoms with Crippen LogP contribution in [0.4, 0.5) is 13.2 Å². The van der Waals surface area contributed by atoms with E-state index in [1.54, 1.807) is 24.3 Å². The van der Waals surface area contributed by atoms with Crippen molar-refractivity contribution in [1.82, 2.24) is 33.8 Å². The minimum absolute atomic E-state index is 0.0348. The molecule has 0 spiro atoms. The van der Waals surface area contributed by atoms with E-state index in [1.165, 1.54) is 10.2 Å². The number of aromatic nitrogens is 5. The number of hydrogen-bond donors (Lipinski definition) is 1. The van der Waals surface area contributed by atoms with Crippen LogP contribution in [0.3, 0.4) is 0 Å². The van der Waals surface area contributed by atoms with Crippen molar-refractivity contribution in [3.05, 3.63) is 70.9 Å². The number of carbonyl (C=O) groups excluding carboxylic acids is 1. The molecular formula is C26H26F3N7O3S. The highest BCUT2D eigenvalue weighted by atomic mass is 32.2. The summed E-state index contributed by atoms with van der Waals surface area (Å²) in [5.41, 5.74) is -0.708. The maximum Gasteiger partial charge on any atom is 0.511 e. The number of fused-ring (bicyclic) bond motifs is 2. The molecule has 4 heterocycles. The summed E-state index contributed by atoms with van der Waals surface area (Å²) < 4.78 is 66.0. The Morgan fingerprint density at radius 2 is 1.82 bits per heavy atom. The van der Waals surface area contributed by atoms with Gasteiger partial charge in [0.1, 0.15) is 17.2 Å². The van der Waals surface area contributed by atoms with Crippen LogP contribution >= 0.6 is 0 Å². The molecule has 1 aliphatic heterocycles. The van der Waals surface area contributed by atoms with Gasteiger partial charge in [-0.2, -0.15) is 22.6 Å². The molecule has 0 unspecified atom stereocenters. The maximum atomic E-state index is 13.2. The van der Waals surface area contributed by atoms with Crippen molar-refractivity contribution >= 4 is 21.6 Å². The Balaban J connectivity index is 1.15. The van der Waals surface area contributed by atoms with Gasteiger partial charge in [0, 0.05) is 24.8 Å². The van der Waals surface area contributed by atoms with E-state index in [1.807, 2.05) is 23.6 Å². The number of hydrogen-bond acceptors (Lipinski definition) is 6. The average Bonchev–Trinajstić information content (AvgIpc) is 3.58. The number of amides is 1. The van der Waals surface area contributed by atoms with Crippen LogP contribution in [0.1, 0.15) is 58.8 Å². The molecule has 6 rings (SSSR count). The maximum absolute atomic E-state index is 13.2. The Hall–Kier alpha value is -3.78. The van der Waals surface area contributed by atoms with Gasteiger partial charge in [0.2, 0.25) is 0 Å². The zero-order valence-electron chi connectivity index (χ0n) is 21.5. The second kappa shape index (κ2) is 9.70. The molecule has 4 aromatic rings. The molecule has 1 aliphatic carbocycles. The Kier molecular flexibility index (Phi) is 6.41. The number of nitrogens with one attached hydrogen (secondary N) is 1. The second-order valence-corrected chi connectivity index (χ2v) is 11.9. The quantitative estimate of drug-likeness (QED) is 0.361. The highest BCUT2D eigenvalue weighted by molar-refractivity contribution is 7.89. The molecule has 1 fully saturated rings. The molecule has 2 aliphatic rings. The van der Waals surface area contributed by atoms with Gasteiger partial charge in [-0.05, 0) is 42.4 Å². The number of sulfonamides is 1. The fourth-order valence-corrected chi connectivity index (χ4v) is 5.78. The van der Waals surface area contributed by atoms with Crippen LogP contribution in [0.15, 0.2) is 42.6 Å². The fourth-order valence-electron chi connectivity index (χ4n) is 4.88. The minimum Gasteiger partial charge on any atom is -0.347 e. The van der Waals surface area contributed by atoms with Crippen LogP contribution in [-0.4, -0.2) is 54.8 Å². The first-order valence-electron chi connectivity index (χ1n) is 12.9. The molecule has 1 aromatic carbocycles. The number of pyridine rings is 1. The Morgan fingerprint density at radius 3 is 2.50 bits per heavy atom. The largest absolute Gasteiger partial charge is 0.511 e. The average molecular weight is 574 g/mol. The van der Waals surface area contributed by atoms with E-state index in [-0.39, 0.29) is 37.2 Å². The van der Waals surface area contributed by atoms with E-state index in [4.69, 9.17) is 0 Å². The number of aryl methyl sites for hydroxylation is 1. The third-order valence-corrected chi connectivity index (χ3v) is 8.81. The third-order valence-electron chi connectivity index (χ3n) is 7.24. The number of benzene rings is 1. The number of nitrogens with zero attached hydrogens (tertiary/aromatic N) is 6. The first kappa shape index (κ1) is 26.4. The fraction of sp³-hybridized carbons (Fsp3) is 0.385. The lowest BCUT2D eigenvalue weighted by atomic mass is 10.1. The predicted molar refractivity (Wildman–Crippen MR) is 139 cm³/mol. The van der Waals surface area contributed by atoms with Crippen LogP contribution in [0.5, 0.6) is 0 Å². The summed E-state index contributed by atoms with van der Waals surface area (Å²) in [6, 6.07) is 11.1. The summed E-state index contributed by atoms with van der Waals surface area (Å²) in [4.78, 5) is 22.1. The molecule has 210 valence electrons. The van der Waals surface area contributed by atoms with Gasteiger partial charge in [0.05, 0.1) is 18.8 Å². The van der Waals surface area contributed by atoms with Crippen molar-refractivity contribution in [2.24, 2.45) is 0 Å². The van der Waals surface area contributed by atoms with Crippen molar-refractivity contribution < 1.29 is 26.4 Å². The molecule has 0 bridgehead atoms. The van der Waals surface area contributed by atoms with Crippen LogP contribution in [-0.2, 0) is 36.1 Å². The van der Waals surface area contributed by atoms with Crippen LogP contribution in [0, 0.1) is 0 Å². The minimum atomic E-state index is -5.44. The number of alkyl halides is 3. The standard InChI is InChI=1S/C26H26F3N7O3S/c1-2-20-23(35-14-19(17-7-8-17)9-10-21(35)31-20)25(37)30-13-16-3-5-18(6-4-16)24-32-22-15-34(11-12-36(22)33-24)40(38,39)26(27,28)29/h3-6,9-10,14,17H,2,7-8,11-13,15H2,1H3,(H,30,37). The van der Waals surface area contributed by atoms with Gasteiger partial charge >= 0.3 is 15.5 Å². The van der Waals surface area contributed by atoms with E-state index in [0.29, 0.717) is 27.9 Å². The second-order valence-electron chi connectivity index (χ2n) is 9.96. The van der Waals surface area contributed by atoms with E-state index in [2.05, 4.69) is 26.4 Å². The van der Waals surface area contributed by atoms with Crippen molar-refractivity contribution in [1.29, 1.82) is 0 Å². The van der Waals surface area contributed by atoms with Gasteiger partial charge in [-0.1, -0.05) is 37.3 Å². The molecule has 40 heavy (non-hydrogen) atoms. The molecule has 14 heteroatoms. The molecule has 1 amide bonds. The molecular weight excluding hydrogens is 547 g/mol. The molecule has 0 atom stereocenters. The van der Waals surface area contributed by atoms with Crippen LogP contribution in [0.2, 0.25) is 0 Å². The lowest BCUT2D eigenvalue weighted by Crippen LogP contribution is -2.44. The normalized spacial score (nSPS) is 16.3. The van der Waals surface area contributed by atoms with Gasteiger partial charge < -0.3 is 5.32 Å². The SMILES string of the molecule is CCc1nc2ccc(C3CC3)cn2c1C(=O)NCc1ccc(-c2nc3n(n2)CCN(S(=O)(=O)C(F)(F)F)C3)cc1. The van der Waals surface area contributed by atoms with E-state index >= 15 is 0 Å². The summed E-state index contributed by atoms with van der Waals surface area (Å²) >= 11 is 0. The van der Waals surface area contributed by atoms with Gasteiger partial charge in [-0.25, -0.2) is 23.1 Å². The molecule has 0 radical (unpaired) electrons. The van der Waals surface area contributed by atoms with Gasteiger partial charge in [-0.3, -0.25) is 9.20 Å². The molecule has 1 saturated carbocycles. The summed E-state index contributed by atoms with van der Waals surface area (Å²) in [6.45, 7) is 1.35. The summed E-state index contributed by atoms with van der Waals surface area (Å²) in [5, 5.41) is 7.31. The highest BCUT2D eigenvalue weighted by Gasteiger charge is 2.50. The number of imidazole rings is 1. The smallest absolute Gasteiger partial charge is 0.347 e. The zero-order valence-corrected chi connectivity index (χ0v) is 22.3. The number of carbonyl (C=O) groups is 1.